The lowest BCUT2D eigenvalue weighted by Crippen LogP contribution is -2.14. The number of carboxylic acids is 1. The number of anilines is 1. The van der Waals surface area contributed by atoms with Crippen molar-refractivity contribution in [3.8, 4) is 17.3 Å². The lowest BCUT2D eigenvalue weighted by molar-refractivity contribution is -0.116. The molecule has 26 heavy (non-hydrogen) atoms. The van der Waals surface area contributed by atoms with Gasteiger partial charge in [-0.3, -0.25) is 4.79 Å². The van der Waals surface area contributed by atoms with E-state index in [0.717, 1.165) is 0 Å². The number of nitrogens with zero attached hydrogens (tertiary/aromatic N) is 4. The Balaban J connectivity index is 1.60. The number of aromatic carboxylic acids is 1. The second kappa shape index (κ2) is 7.05. The van der Waals surface area contributed by atoms with Crippen molar-refractivity contribution >= 4 is 17.6 Å². The Labute approximate surface area is 147 Å². The maximum absolute atomic E-state index is 12.0. The van der Waals surface area contributed by atoms with Crippen LogP contribution in [0.2, 0.25) is 0 Å². The summed E-state index contributed by atoms with van der Waals surface area (Å²) in [5.41, 5.74) is 0.668. The summed E-state index contributed by atoms with van der Waals surface area (Å²) in [6.07, 6.45) is 4.42. The van der Waals surface area contributed by atoms with E-state index >= 15 is 0 Å². The molecule has 3 aromatic heterocycles. The van der Waals surface area contributed by atoms with Gasteiger partial charge >= 0.3 is 5.97 Å². The number of aromatic nitrogens is 4. The van der Waals surface area contributed by atoms with Crippen molar-refractivity contribution in [1.29, 1.82) is 0 Å². The van der Waals surface area contributed by atoms with Crippen molar-refractivity contribution in [3.05, 3.63) is 42.2 Å². The van der Waals surface area contributed by atoms with Gasteiger partial charge in [0.25, 0.3) is 0 Å². The molecule has 10 heteroatoms. The highest BCUT2D eigenvalue weighted by molar-refractivity contribution is 6.00. The molecular formula is C16H15N5O5. The SMILES string of the molecule is Cn1cc(NC(=O)CCc2nc(-c3ccc(O)cn3)no2)c(C(=O)O)c1. The van der Waals surface area contributed by atoms with Crippen molar-refractivity contribution in [1.82, 2.24) is 19.7 Å². The Morgan fingerprint density at radius 2 is 2.12 bits per heavy atom. The number of carboxylic acid groups (broad SMARTS) is 1. The summed E-state index contributed by atoms with van der Waals surface area (Å²) < 4.78 is 6.62. The van der Waals surface area contributed by atoms with Crippen LogP contribution >= 0.6 is 0 Å². The smallest absolute Gasteiger partial charge is 0.339 e. The minimum atomic E-state index is -1.12. The number of hydrogen-bond donors (Lipinski definition) is 3. The van der Waals surface area contributed by atoms with E-state index in [1.165, 1.54) is 24.7 Å². The quantitative estimate of drug-likeness (QED) is 0.601. The molecule has 0 unspecified atom stereocenters. The van der Waals surface area contributed by atoms with Crippen LogP contribution in [0.5, 0.6) is 5.75 Å². The first-order valence-electron chi connectivity index (χ1n) is 7.59. The molecule has 134 valence electrons. The molecule has 0 spiro atoms. The molecule has 0 atom stereocenters. The standard InChI is InChI=1S/C16H15N5O5/c1-21-7-10(16(24)25)12(8-21)18-13(23)4-5-14-19-15(20-26-14)11-3-2-9(22)6-17-11/h2-3,6-8,22H,4-5H2,1H3,(H,18,23)(H,24,25). The monoisotopic (exact) mass is 357 g/mol. The van der Waals surface area contributed by atoms with E-state index in [2.05, 4.69) is 20.4 Å². The average Bonchev–Trinajstić information content (AvgIpc) is 3.20. The number of carbonyl (C=O) groups excluding carboxylic acids is 1. The first kappa shape index (κ1) is 17.1. The second-order valence-corrected chi connectivity index (χ2v) is 5.52. The molecule has 0 aliphatic carbocycles. The van der Waals surface area contributed by atoms with Gasteiger partial charge in [0.05, 0.1) is 11.9 Å². The number of aromatic hydroxyl groups is 1. The van der Waals surface area contributed by atoms with Crippen molar-refractivity contribution in [3.63, 3.8) is 0 Å². The van der Waals surface area contributed by atoms with Crippen LogP contribution in [0.3, 0.4) is 0 Å². The zero-order chi connectivity index (χ0) is 18.7. The number of carbonyl (C=O) groups is 2. The molecule has 0 aliphatic rings. The lowest BCUT2D eigenvalue weighted by Gasteiger charge is -2.02. The summed E-state index contributed by atoms with van der Waals surface area (Å²) >= 11 is 0. The van der Waals surface area contributed by atoms with Gasteiger partial charge in [0.1, 0.15) is 17.0 Å². The van der Waals surface area contributed by atoms with E-state index < -0.39 is 5.97 Å². The van der Waals surface area contributed by atoms with Crippen LogP contribution in [0.25, 0.3) is 11.5 Å². The number of pyridine rings is 1. The second-order valence-electron chi connectivity index (χ2n) is 5.52. The fraction of sp³-hybridized carbons (Fsp3) is 0.188. The highest BCUT2D eigenvalue weighted by atomic mass is 16.5. The van der Waals surface area contributed by atoms with Gasteiger partial charge < -0.3 is 24.6 Å². The van der Waals surface area contributed by atoms with Crippen molar-refractivity contribution in [2.75, 3.05) is 5.32 Å². The number of nitrogens with one attached hydrogen (secondary N) is 1. The fourth-order valence-electron chi connectivity index (χ4n) is 2.27. The van der Waals surface area contributed by atoms with E-state index in [-0.39, 0.29) is 47.5 Å². The first-order chi connectivity index (χ1) is 12.4. The fourth-order valence-corrected chi connectivity index (χ4v) is 2.27. The van der Waals surface area contributed by atoms with Gasteiger partial charge in [0.15, 0.2) is 0 Å². The molecule has 3 aromatic rings. The normalized spacial score (nSPS) is 10.7. The third-order valence-corrected chi connectivity index (χ3v) is 3.47. The van der Waals surface area contributed by atoms with Crippen LogP contribution in [0, 0.1) is 0 Å². The van der Waals surface area contributed by atoms with Crippen LogP contribution in [0.1, 0.15) is 22.7 Å². The summed E-state index contributed by atoms with van der Waals surface area (Å²) in [5, 5.41) is 24.7. The first-order valence-corrected chi connectivity index (χ1v) is 7.59. The van der Waals surface area contributed by atoms with Crippen LogP contribution < -0.4 is 5.32 Å². The van der Waals surface area contributed by atoms with Gasteiger partial charge in [-0.1, -0.05) is 5.16 Å². The van der Waals surface area contributed by atoms with E-state index in [9.17, 15) is 14.7 Å². The third kappa shape index (κ3) is 3.86. The predicted octanol–water partition coefficient (Wildman–Crippen LogP) is 1.45. The maximum Gasteiger partial charge on any atom is 0.339 e. The highest BCUT2D eigenvalue weighted by Gasteiger charge is 2.16. The number of hydrogen-bond acceptors (Lipinski definition) is 7. The van der Waals surface area contributed by atoms with Gasteiger partial charge in [-0.2, -0.15) is 4.98 Å². The maximum atomic E-state index is 12.0. The Morgan fingerprint density at radius 3 is 2.81 bits per heavy atom. The van der Waals surface area contributed by atoms with Crippen molar-refractivity contribution < 1.29 is 24.3 Å². The van der Waals surface area contributed by atoms with Crippen LogP contribution in [-0.4, -0.2) is 41.8 Å². The molecule has 0 bridgehead atoms. The zero-order valence-electron chi connectivity index (χ0n) is 13.7. The molecule has 0 aliphatic heterocycles. The molecular weight excluding hydrogens is 342 g/mol. The third-order valence-electron chi connectivity index (χ3n) is 3.47. The molecule has 10 nitrogen and oxygen atoms in total. The van der Waals surface area contributed by atoms with Gasteiger partial charge in [-0.15, -0.1) is 0 Å². The van der Waals surface area contributed by atoms with Crippen molar-refractivity contribution in [2.45, 2.75) is 12.8 Å². The molecule has 3 rings (SSSR count). The highest BCUT2D eigenvalue weighted by Crippen LogP contribution is 2.18. The van der Waals surface area contributed by atoms with Crippen LogP contribution in [-0.2, 0) is 18.3 Å². The van der Waals surface area contributed by atoms with Crippen LogP contribution in [0.4, 0.5) is 5.69 Å². The summed E-state index contributed by atoms with van der Waals surface area (Å²) in [6.45, 7) is 0. The minimum Gasteiger partial charge on any atom is -0.506 e. The molecule has 0 saturated carbocycles. The van der Waals surface area contributed by atoms with E-state index in [4.69, 9.17) is 9.63 Å². The molecule has 0 fully saturated rings. The summed E-state index contributed by atoms with van der Waals surface area (Å²) in [5.74, 6) is -0.978. The Morgan fingerprint density at radius 1 is 1.31 bits per heavy atom. The van der Waals surface area contributed by atoms with Gasteiger partial charge in [0, 0.05) is 32.3 Å². The number of rotatable bonds is 6. The van der Waals surface area contributed by atoms with Crippen molar-refractivity contribution in [2.24, 2.45) is 7.05 Å². The molecule has 0 saturated heterocycles. The average molecular weight is 357 g/mol. The number of amides is 1. The Kier molecular flexibility index (Phi) is 4.65. The Bertz CT molecular complexity index is 944. The molecule has 1 amide bonds. The zero-order valence-corrected chi connectivity index (χ0v) is 13.7. The topological polar surface area (TPSA) is 143 Å². The largest absolute Gasteiger partial charge is 0.506 e. The predicted molar refractivity (Wildman–Crippen MR) is 88.5 cm³/mol. The van der Waals surface area contributed by atoms with E-state index in [0.29, 0.717) is 5.69 Å². The summed E-state index contributed by atoms with van der Waals surface area (Å²) in [4.78, 5) is 31.3. The van der Waals surface area contributed by atoms with Gasteiger partial charge in [0.2, 0.25) is 17.6 Å². The molecule has 3 heterocycles. The number of aryl methyl sites for hydroxylation is 2. The van der Waals surface area contributed by atoms with E-state index in [1.54, 1.807) is 17.7 Å². The molecule has 0 radical (unpaired) electrons. The minimum absolute atomic E-state index is 0.0133. The summed E-state index contributed by atoms with van der Waals surface area (Å²) in [6, 6.07) is 2.99. The van der Waals surface area contributed by atoms with Gasteiger partial charge in [-0.25, -0.2) is 9.78 Å². The lowest BCUT2D eigenvalue weighted by atomic mass is 10.2. The molecule has 3 N–H and O–H groups in total. The van der Waals surface area contributed by atoms with Gasteiger partial charge in [-0.05, 0) is 12.1 Å². The summed E-state index contributed by atoms with van der Waals surface area (Å²) in [7, 11) is 1.67. The molecule has 0 aromatic carbocycles. The Hall–Kier alpha value is -3.69. The van der Waals surface area contributed by atoms with E-state index in [1.807, 2.05) is 0 Å². The van der Waals surface area contributed by atoms with Crippen LogP contribution in [0.15, 0.2) is 35.2 Å².